The normalized spacial score (nSPS) is 19.5. The Hall–Kier alpha value is -1.90. The predicted octanol–water partition coefficient (Wildman–Crippen LogP) is 4.42. The molecule has 1 fully saturated rings. The fraction of sp³-hybridized carbons (Fsp3) is 0.500. The van der Waals surface area contributed by atoms with E-state index >= 15 is 0 Å². The van der Waals surface area contributed by atoms with E-state index in [2.05, 4.69) is 27.7 Å². The number of carbonyl (C=O) groups is 2. The van der Waals surface area contributed by atoms with E-state index < -0.39 is 11.6 Å². The fourth-order valence-electron chi connectivity index (χ4n) is 3.44. The molecule has 1 aromatic rings. The van der Waals surface area contributed by atoms with E-state index in [4.69, 9.17) is 4.74 Å². The molecule has 0 spiro atoms. The van der Waals surface area contributed by atoms with Gasteiger partial charge in [-0.2, -0.15) is 0 Å². The van der Waals surface area contributed by atoms with Crippen molar-refractivity contribution in [2.75, 3.05) is 0 Å². The van der Waals surface area contributed by atoms with Gasteiger partial charge in [-0.05, 0) is 36.3 Å². The van der Waals surface area contributed by atoms with Crippen molar-refractivity contribution in [3.05, 3.63) is 41.5 Å². The molecule has 2 rings (SSSR count). The predicted molar refractivity (Wildman–Crippen MR) is 91.8 cm³/mol. The lowest BCUT2D eigenvalue weighted by atomic mass is 9.78. The second-order valence-electron chi connectivity index (χ2n) is 7.34. The summed E-state index contributed by atoms with van der Waals surface area (Å²) >= 11 is 0. The van der Waals surface area contributed by atoms with Gasteiger partial charge in [0.15, 0.2) is 5.78 Å². The lowest BCUT2D eigenvalue weighted by Gasteiger charge is -2.39. The highest BCUT2D eigenvalue weighted by Crippen LogP contribution is 2.37. The number of ketones is 1. The third kappa shape index (κ3) is 4.54. The third-order valence-corrected chi connectivity index (χ3v) is 3.98. The van der Waals surface area contributed by atoms with E-state index in [0.717, 1.165) is 18.4 Å². The van der Waals surface area contributed by atoms with Crippen molar-refractivity contribution in [3.8, 4) is 0 Å². The van der Waals surface area contributed by atoms with E-state index in [1.165, 1.54) is 0 Å². The van der Waals surface area contributed by atoms with Gasteiger partial charge in [0, 0.05) is 0 Å². The minimum absolute atomic E-state index is 0.105. The van der Waals surface area contributed by atoms with Gasteiger partial charge in [0.25, 0.3) is 0 Å². The van der Waals surface area contributed by atoms with E-state index in [1.54, 1.807) is 6.08 Å². The second-order valence-corrected chi connectivity index (χ2v) is 7.34. The number of esters is 1. The molecule has 0 unspecified atom stereocenters. The highest BCUT2D eigenvalue weighted by atomic mass is 16.6. The van der Waals surface area contributed by atoms with Crippen LogP contribution in [0, 0.1) is 11.8 Å². The van der Waals surface area contributed by atoms with E-state index in [0.29, 0.717) is 11.8 Å². The maximum atomic E-state index is 12.6. The average molecular weight is 314 g/mol. The fourth-order valence-corrected chi connectivity index (χ4v) is 3.44. The standard InChI is InChI=1S/C20H26O3/c1-14(2)11-20(12-15(3)4)13-18(21)17(19(22)23-20)10-16-8-6-5-7-9-16/h5-10,14-15H,11-13H2,1-4H3/b17-10+. The van der Waals surface area contributed by atoms with E-state index in [9.17, 15) is 9.59 Å². The second kappa shape index (κ2) is 7.12. The van der Waals surface area contributed by atoms with Gasteiger partial charge < -0.3 is 4.74 Å². The third-order valence-electron chi connectivity index (χ3n) is 3.98. The summed E-state index contributed by atoms with van der Waals surface area (Å²) in [5, 5.41) is 0. The summed E-state index contributed by atoms with van der Waals surface area (Å²) in [6.07, 6.45) is 3.37. The van der Waals surface area contributed by atoms with Crippen LogP contribution in [-0.4, -0.2) is 17.4 Å². The lowest BCUT2D eigenvalue weighted by molar-refractivity contribution is -0.167. The largest absolute Gasteiger partial charge is 0.455 e. The van der Waals surface area contributed by atoms with Crippen molar-refractivity contribution in [1.82, 2.24) is 0 Å². The number of ether oxygens (including phenoxy) is 1. The molecule has 1 saturated heterocycles. The lowest BCUT2D eigenvalue weighted by Crippen LogP contribution is -2.45. The minimum Gasteiger partial charge on any atom is -0.455 e. The smallest absolute Gasteiger partial charge is 0.342 e. The number of Topliss-reactive ketones (excluding diaryl/α,β-unsaturated/α-hetero) is 1. The Balaban J connectivity index is 2.28. The molecule has 23 heavy (non-hydrogen) atoms. The molecule has 1 aliphatic rings. The van der Waals surface area contributed by atoms with Crippen molar-refractivity contribution in [2.45, 2.75) is 52.6 Å². The van der Waals surface area contributed by atoms with Gasteiger partial charge in [0.1, 0.15) is 11.2 Å². The number of hydrogen-bond acceptors (Lipinski definition) is 3. The molecule has 1 aliphatic heterocycles. The van der Waals surface area contributed by atoms with Crippen molar-refractivity contribution in [3.63, 3.8) is 0 Å². The van der Waals surface area contributed by atoms with Gasteiger partial charge in [0.05, 0.1) is 6.42 Å². The molecule has 124 valence electrons. The first kappa shape index (κ1) is 17.5. The number of cyclic esters (lactones) is 1. The van der Waals surface area contributed by atoms with Crippen LogP contribution in [0.15, 0.2) is 35.9 Å². The zero-order valence-corrected chi connectivity index (χ0v) is 14.5. The highest BCUT2D eigenvalue weighted by Gasteiger charge is 2.44. The van der Waals surface area contributed by atoms with Gasteiger partial charge in [-0.1, -0.05) is 58.0 Å². The average Bonchev–Trinajstić information content (AvgIpc) is 2.42. The molecule has 0 atom stereocenters. The van der Waals surface area contributed by atoms with Crippen LogP contribution in [0.4, 0.5) is 0 Å². The Labute approximate surface area is 138 Å². The summed E-state index contributed by atoms with van der Waals surface area (Å²) in [5.74, 6) is 0.154. The molecule has 1 heterocycles. The van der Waals surface area contributed by atoms with Crippen molar-refractivity contribution >= 4 is 17.8 Å². The molecule has 0 N–H and O–H groups in total. The SMILES string of the molecule is CC(C)CC1(CC(C)C)CC(=O)/C(=C\c2ccccc2)C(=O)O1. The molecule has 0 radical (unpaired) electrons. The first-order valence-electron chi connectivity index (χ1n) is 8.34. The van der Waals surface area contributed by atoms with Crippen LogP contribution in [0.25, 0.3) is 6.08 Å². The van der Waals surface area contributed by atoms with Crippen LogP contribution >= 0.6 is 0 Å². The number of carbonyl (C=O) groups excluding carboxylic acids is 2. The summed E-state index contributed by atoms with van der Waals surface area (Å²) in [5.41, 5.74) is 0.359. The zero-order chi connectivity index (χ0) is 17.0. The van der Waals surface area contributed by atoms with Crippen LogP contribution in [-0.2, 0) is 14.3 Å². The first-order chi connectivity index (χ1) is 10.8. The quantitative estimate of drug-likeness (QED) is 0.459. The van der Waals surface area contributed by atoms with Crippen LogP contribution < -0.4 is 0 Å². The molecular weight excluding hydrogens is 288 g/mol. The van der Waals surface area contributed by atoms with Gasteiger partial charge in [-0.25, -0.2) is 4.79 Å². The zero-order valence-electron chi connectivity index (χ0n) is 14.5. The van der Waals surface area contributed by atoms with Crippen LogP contribution in [0.5, 0.6) is 0 Å². The summed E-state index contributed by atoms with van der Waals surface area (Å²) < 4.78 is 5.82. The maximum absolute atomic E-state index is 12.6. The van der Waals surface area contributed by atoms with Crippen molar-refractivity contribution < 1.29 is 14.3 Å². The Morgan fingerprint density at radius 2 is 1.61 bits per heavy atom. The van der Waals surface area contributed by atoms with Crippen LogP contribution in [0.3, 0.4) is 0 Å². The van der Waals surface area contributed by atoms with E-state index in [-0.39, 0.29) is 17.8 Å². The Morgan fingerprint density at radius 1 is 1.04 bits per heavy atom. The highest BCUT2D eigenvalue weighted by molar-refractivity contribution is 6.22. The topological polar surface area (TPSA) is 43.4 Å². The van der Waals surface area contributed by atoms with Crippen molar-refractivity contribution in [1.29, 1.82) is 0 Å². The molecule has 0 saturated carbocycles. The Morgan fingerprint density at radius 3 is 2.09 bits per heavy atom. The van der Waals surface area contributed by atoms with Gasteiger partial charge >= 0.3 is 5.97 Å². The molecule has 1 aromatic carbocycles. The summed E-state index contributed by atoms with van der Waals surface area (Å²) in [4.78, 5) is 25.1. The van der Waals surface area contributed by atoms with Gasteiger partial charge in [-0.15, -0.1) is 0 Å². The summed E-state index contributed by atoms with van der Waals surface area (Å²) in [7, 11) is 0. The van der Waals surface area contributed by atoms with Gasteiger partial charge in [0.2, 0.25) is 0 Å². The van der Waals surface area contributed by atoms with Crippen molar-refractivity contribution in [2.24, 2.45) is 11.8 Å². The van der Waals surface area contributed by atoms with E-state index in [1.807, 2.05) is 30.3 Å². The number of benzene rings is 1. The molecule has 0 bridgehead atoms. The van der Waals surface area contributed by atoms with Crippen LogP contribution in [0.2, 0.25) is 0 Å². The van der Waals surface area contributed by atoms with Crippen LogP contribution in [0.1, 0.15) is 52.5 Å². The maximum Gasteiger partial charge on any atom is 0.342 e. The number of rotatable bonds is 5. The molecule has 3 heteroatoms. The molecule has 0 aliphatic carbocycles. The van der Waals surface area contributed by atoms with Gasteiger partial charge in [-0.3, -0.25) is 4.79 Å². The Bertz CT molecular complexity index is 565. The molecular formula is C20H26O3. The Kier molecular flexibility index (Phi) is 5.40. The molecule has 0 aromatic heterocycles. The monoisotopic (exact) mass is 314 g/mol. The summed E-state index contributed by atoms with van der Waals surface area (Å²) in [6, 6.07) is 9.41. The first-order valence-corrected chi connectivity index (χ1v) is 8.34. The summed E-state index contributed by atoms with van der Waals surface area (Å²) in [6.45, 7) is 8.37. The minimum atomic E-state index is -0.648. The molecule has 0 amide bonds. The number of hydrogen-bond donors (Lipinski definition) is 0. The molecule has 3 nitrogen and oxygen atoms in total.